The van der Waals surface area contributed by atoms with E-state index < -0.39 is 16.6 Å². The number of hydrogen-bond donors (Lipinski definition) is 0. The van der Waals surface area contributed by atoms with Crippen molar-refractivity contribution in [2.24, 2.45) is 0 Å². The Morgan fingerprint density at radius 1 is 1.29 bits per heavy atom. The molecule has 1 unspecified atom stereocenters. The average Bonchev–Trinajstić information content (AvgIpc) is 2.20. The van der Waals surface area contributed by atoms with Gasteiger partial charge in [0, 0.05) is 12.2 Å². The van der Waals surface area contributed by atoms with Crippen LogP contribution in [-0.4, -0.2) is 40.3 Å². The molecule has 1 aliphatic rings. The Morgan fingerprint density at radius 2 is 1.94 bits per heavy atom. The highest BCUT2D eigenvalue weighted by molar-refractivity contribution is 6.87. The number of hydrogen-bond acceptors (Lipinski definition) is 2. The molecule has 17 heavy (non-hydrogen) atoms. The van der Waals surface area contributed by atoms with E-state index in [4.69, 9.17) is 4.12 Å². The van der Waals surface area contributed by atoms with Gasteiger partial charge in [0.2, 0.25) is 0 Å². The van der Waals surface area contributed by atoms with Gasteiger partial charge in [0.15, 0.2) is 16.6 Å². The van der Waals surface area contributed by atoms with Gasteiger partial charge in [0.25, 0.3) is 0 Å². The first-order valence-electron chi connectivity index (χ1n) is 6.83. The maximum absolute atomic E-state index is 6.44. The van der Waals surface area contributed by atoms with Crippen molar-refractivity contribution in [1.29, 1.82) is 0 Å². The maximum atomic E-state index is 6.44. The van der Waals surface area contributed by atoms with E-state index in [2.05, 4.69) is 50.3 Å². The minimum Gasteiger partial charge on any atom is -0.452 e. The topological polar surface area (TPSA) is 12.5 Å². The van der Waals surface area contributed by atoms with Crippen molar-refractivity contribution in [2.75, 3.05) is 12.7 Å². The van der Waals surface area contributed by atoms with Crippen molar-refractivity contribution >= 4 is 16.6 Å². The fraction of sp³-hybridized carbons (Fsp3) is 0.846. The zero-order chi connectivity index (χ0) is 13.1. The molecule has 0 N–H and O–H groups in total. The third-order valence-electron chi connectivity index (χ3n) is 3.56. The van der Waals surface area contributed by atoms with Gasteiger partial charge in [-0.05, 0) is 52.5 Å². The molecule has 2 nitrogen and oxygen atoms in total. The van der Waals surface area contributed by atoms with E-state index in [-0.39, 0.29) is 0 Å². The van der Waals surface area contributed by atoms with E-state index in [1.807, 2.05) is 0 Å². The molecule has 0 aromatic carbocycles. The van der Waals surface area contributed by atoms with Gasteiger partial charge in [0.1, 0.15) is 0 Å². The molecule has 0 aromatic rings. The molecule has 1 saturated heterocycles. The van der Waals surface area contributed by atoms with Crippen LogP contribution in [0.25, 0.3) is 0 Å². The average molecular weight is 272 g/mol. The van der Waals surface area contributed by atoms with Crippen molar-refractivity contribution in [3.63, 3.8) is 0 Å². The van der Waals surface area contributed by atoms with E-state index in [0.717, 1.165) is 6.04 Å². The quantitative estimate of drug-likeness (QED) is 0.709. The molecule has 0 amide bonds. The minimum atomic E-state index is -1.62. The fourth-order valence-corrected chi connectivity index (χ4v) is 10.4. The van der Waals surface area contributed by atoms with Gasteiger partial charge < -0.3 is 9.02 Å². The lowest BCUT2D eigenvalue weighted by Gasteiger charge is -2.40. The van der Waals surface area contributed by atoms with Crippen LogP contribution in [0.3, 0.4) is 0 Å². The van der Waals surface area contributed by atoms with Crippen LogP contribution in [0.4, 0.5) is 0 Å². The van der Waals surface area contributed by atoms with Crippen molar-refractivity contribution < 1.29 is 4.12 Å². The Morgan fingerprint density at radius 3 is 2.47 bits per heavy atom. The summed E-state index contributed by atoms with van der Waals surface area (Å²) in [7, 11) is -3.19. The summed E-state index contributed by atoms with van der Waals surface area (Å²) in [6, 6.07) is 0.743. The van der Waals surface area contributed by atoms with Crippen LogP contribution in [0.5, 0.6) is 0 Å². The Balaban J connectivity index is 2.55. The Hall–Kier alpha value is 0.0938. The van der Waals surface area contributed by atoms with Crippen LogP contribution in [0.15, 0.2) is 12.3 Å². The molecule has 100 valence electrons. The molecule has 0 radical (unpaired) electrons. The monoisotopic (exact) mass is 271 g/mol. The zero-order valence-corrected chi connectivity index (χ0v) is 14.3. The molecule has 0 bridgehead atoms. The van der Waals surface area contributed by atoms with Crippen LogP contribution in [0.2, 0.25) is 26.2 Å². The van der Waals surface area contributed by atoms with Crippen LogP contribution in [0.1, 0.15) is 26.2 Å². The van der Waals surface area contributed by atoms with Crippen molar-refractivity contribution in [2.45, 2.75) is 58.4 Å². The highest BCUT2D eigenvalue weighted by Gasteiger charge is 2.34. The SMILES string of the molecule is C=C[Si](C)(C)O[Si](C)(C)CN1CCCCC1C. The molecular weight excluding hydrogens is 242 g/mol. The van der Waals surface area contributed by atoms with E-state index >= 15 is 0 Å². The van der Waals surface area contributed by atoms with Crippen LogP contribution in [-0.2, 0) is 4.12 Å². The molecular formula is C13H29NOSi2. The van der Waals surface area contributed by atoms with E-state index in [1.165, 1.54) is 32.0 Å². The predicted octanol–water partition coefficient (Wildman–Crippen LogP) is 3.55. The van der Waals surface area contributed by atoms with E-state index in [9.17, 15) is 0 Å². The standard InChI is InChI=1S/C13H29NOSi2/c1-7-16(3,4)15-17(5,6)12-14-11-9-8-10-13(14)2/h7,13H,1,8-12H2,2-6H3. The largest absolute Gasteiger partial charge is 0.452 e. The van der Waals surface area contributed by atoms with Gasteiger partial charge in [-0.2, -0.15) is 0 Å². The molecule has 0 saturated carbocycles. The summed E-state index contributed by atoms with van der Waals surface area (Å²) in [6.07, 6.45) is 5.29. The first-order valence-corrected chi connectivity index (χ1v) is 12.9. The first kappa shape index (κ1) is 15.2. The van der Waals surface area contributed by atoms with Gasteiger partial charge in [0.05, 0.1) is 0 Å². The van der Waals surface area contributed by atoms with Gasteiger partial charge >= 0.3 is 0 Å². The third-order valence-corrected chi connectivity index (χ3v) is 10.0. The molecule has 0 aliphatic carbocycles. The van der Waals surface area contributed by atoms with Gasteiger partial charge in [-0.1, -0.05) is 12.1 Å². The van der Waals surface area contributed by atoms with Crippen molar-refractivity contribution in [1.82, 2.24) is 4.90 Å². The van der Waals surface area contributed by atoms with Crippen LogP contribution in [0, 0.1) is 0 Å². The highest BCUT2D eigenvalue weighted by atomic mass is 28.4. The molecule has 0 spiro atoms. The Bertz CT molecular complexity index is 266. The fourth-order valence-electron chi connectivity index (χ4n) is 2.67. The molecule has 1 aliphatic heterocycles. The highest BCUT2D eigenvalue weighted by Crippen LogP contribution is 2.21. The first-order chi connectivity index (χ1) is 7.76. The summed E-state index contributed by atoms with van der Waals surface area (Å²) in [4.78, 5) is 2.64. The third kappa shape index (κ3) is 5.08. The summed E-state index contributed by atoms with van der Waals surface area (Å²) in [5.74, 6) is 0. The maximum Gasteiger partial charge on any atom is 0.198 e. The molecule has 1 fully saturated rings. The molecule has 1 heterocycles. The lowest BCUT2D eigenvalue weighted by atomic mass is 10.1. The Labute approximate surface area is 109 Å². The summed E-state index contributed by atoms with van der Waals surface area (Å²) in [6.45, 7) is 16.7. The summed E-state index contributed by atoms with van der Waals surface area (Å²) >= 11 is 0. The van der Waals surface area contributed by atoms with E-state index in [1.54, 1.807) is 0 Å². The molecule has 1 rings (SSSR count). The van der Waals surface area contributed by atoms with Gasteiger partial charge in [-0.15, -0.1) is 6.58 Å². The lowest BCUT2D eigenvalue weighted by molar-refractivity contribution is 0.180. The smallest absolute Gasteiger partial charge is 0.198 e. The summed E-state index contributed by atoms with van der Waals surface area (Å²) in [5, 5.41) is 0. The van der Waals surface area contributed by atoms with Crippen molar-refractivity contribution in [3.8, 4) is 0 Å². The molecule has 0 aromatic heterocycles. The number of rotatable bonds is 5. The van der Waals surface area contributed by atoms with Crippen LogP contribution < -0.4 is 0 Å². The minimum absolute atomic E-state index is 0.743. The summed E-state index contributed by atoms with van der Waals surface area (Å²) in [5.41, 5.74) is 2.06. The van der Waals surface area contributed by atoms with Gasteiger partial charge in [-0.3, -0.25) is 0 Å². The van der Waals surface area contributed by atoms with Gasteiger partial charge in [-0.25, -0.2) is 0 Å². The Kier molecular flexibility index (Phi) is 5.19. The zero-order valence-electron chi connectivity index (χ0n) is 12.3. The predicted molar refractivity (Wildman–Crippen MR) is 81.1 cm³/mol. The molecule has 4 heteroatoms. The van der Waals surface area contributed by atoms with Crippen LogP contribution >= 0.6 is 0 Å². The lowest BCUT2D eigenvalue weighted by Crippen LogP contribution is -2.54. The second-order valence-electron chi connectivity index (χ2n) is 6.48. The normalized spacial score (nSPS) is 23.7. The second-order valence-corrected chi connectivity index (χ2v) is 14.8. The summed E-state index contributed by atoms with van der Waals surface area (Å²) < 4.78 is 6.44. The number of likely N-dealkylation sites (tertiary alicyclic amines) is 1. The van der Waals surface area contributed by atoms with E-state index in [0.29, 0.717) is 0 Å². The van der Waals surface area contributed by atoms with Crippen molar-refractivity contribution in [3.05, 3.63) is 12.3 Å². The molecule has 1 atom stereocenters. The number of piperidine rings is 1. The number of nitrogens with zero attached hydrogens (tertiary/aromatic N) is 1. The second kappa shape index (κ2) is 5.82.